The molecule has 0 aliphatic carbocycles. The van der Waals surface area contributed by atoms with E-state index in [2.05, 4.69) is 27.2 Å². The number of ketones is 1. The summed E-state index contributed by atoms with van der Waals surface area (Å²) in [6.45, 7) is 3.40. The number of methoxy groups -OCH3 is 1. The van der Waals surface area contributed by atoms with Crippen LogP contribution in [0.15, 0.2) is 42.5 Å². The fourth-order valence-electron chi connectivity index (χ4n) is 5.20. The van der Waals surface area contributed by atoms with Crippen LogP contribution >= 0.6 is 0 Å². The summed E-state index contributed by atoms with van der Waals surface area (Å²) in [7, 11) is 1.65. The highest BCUT2D eigenvalue weighted by atomic mass is 19.4. The molecule has 4 rings (SSSR count). The molecule has 6 nitrogen and oxygen atoms in total. The van der Waals surface area contributed by atoms with Crippen LogP contribution in [0.25, 0.3) is 0 Å². The summed E-state index contributed by atoms with van der Waals surface area (Å²) < 4.78 is 57.3. The van der Waals surface area contributed by atoms with Crippen molar-refractivity contribution in [1.82, 2.24) is 10.2 Å². The minimum absolute atomic E-state index is 0.173. The van der Waals surface area contributed by atoms with E-state index in [0.29, 0.717) is 24.6 Å². The van der Waals surface area contributed by atoms with E-state index in [-0.39, 0.29) is 23.8 Å². The molecule has 0 radical (unpaired) electrons. The molecular formula is C27H31F4N3O3. The van der Waals surface area contributed by atoms with E-state index in [9.17, 15) is 27.2 Å². The van der Waals surface area contributed by atoms with Gasteiger partial charge in [-0.3, -0.25) is 14.5 Å². The molecule has 2 aliphatic rings. The van der Waals surface area contributed by atoms with E-state index in [1.807, 2.05) is 12.1 Å². The Labute approximate surface area is 213 Å². The number of alkyl halides is 3. The number of hydrogen-bond donors (Lipinski definition) is 1. The topological polar surface area (TPSA) is 61.9 Å². The summed E-state index contributed by atoms with van der Waals surface area (Å²) in [5.41, 5.74) is -0.664. The van der Waals surface area contributed by atoms with Gasteiger partial charge in [-0.25, -0.2) is 4.39 Å². The van der Waals surface area contributed by atoms with Gasteiger partial charge in [0.2, 0.25) is 0 Å². The highest BCUT2D eigenvalue weighted by molar-refractivity contribution is 5.97. The summed E-state index contributed by atoms with van der Waals surface area (Å²) in [5, 5.41) is 2.37. The van der Waals surface area contributed by atoms with Crippen LogP contribution < -0.4 is 15.0 Å². The van der Waals surface area contributed by atoms with E-state index >= 15 is 0 Å². The molecule has 1 atom stereocenters. The molecule has 0 aromatic heterocycles. The van der Waals surface area contributed by atoms with Crippen LogP contribution in [0.3, 0.4) is 0 Å². The van der Waals surface area contributed by atoms with Gasteiger partial charge in [-0.1, -0.05) is 0 Å². The Hall–Kier alpha value is -3.14. The first-order valence-electron chi connectivity index (χ1n) is 12.4. The second-order valence-corrected chi connectivity index (χ2v) is 9.68. The Morgan fingerprint density at radius 2 is 1.73 bits per heavy atom. The lowest BCUT2D eigenvalue weighted by molar-refractivity contribution is -0.140. The molecule has 0 saturated carbocycles. The quantitative estimate of drug-likeness (QED) is 0.518. The Morgan fingerprint density at radius 3 is 2.38 bits per heavy atom. The van der Waals surface area contributed by atoms with Crippen molar-refractivity contribution in [3.05, 3.63) is 59.4 Å². The molecule has 2 aliphatic heterocycles. The number of benzene rings is 2. The van der Waals surface area contributed by atoms with Crippen molar-refractivity contribution in [2.45, 2.75) is 37.9 Å². The van der Waals surface area contributed by atoms with Crippen LogP contribution in [0.1, 0.15) is 41.6 Å². The molecule has 0 spiro atoms. The third kappa shape index (κ3) is 6.80. The molecule has 200 valence electrons. The molecule has 2 aromatic rings. The Balaban J connectivity index is 1.20. The molecule has 1 N–H and O–H groups in total. The van der Waals surface area contributed by atoms with Gasteiger partial charge >= 0.3 is 6.18 Å². The van der Waals surface area contributed by atoms with Crippen LogP contribution in [0.2, 0.25) is 0 Å². The van der Waals surface area contributed by atoms with E-state index in [1.165, 1.54) is 5.69 Å². The number of hydrogen-bond acceptors (Lipinski definition) is 5. The van der Waals surface area contributed by atoms with Gasteiger partial charge in [0.05, 0.1) is 19.2 Å². The van der Waals surface area contributed by atoms with Crippen LogP contribution in [-0.4, -0.2) is 62.5 Å². The van der Waals surface area contributed by atoms with E-state index < -0.39 is 23.5 Å². The lowest BCUT2D eigenvalue weighted by atomic mass is 10.0. The zero-order chi connectivity index (χ0) is 26.6. The van der Waals surface area contributed by atoms with Crippen molar-refractivity contribution in [3.63, 3.8) is 0 Å². The Morgan fingerprint density at radius 1 is 1.03 bits per heavy atom. The third-order valence-electron chi connectivity index (χ3n) is 7.23. The number of amides is 1. The van der Waals surface area contributed by atoms with Crippen LogP contribution in [0, 0.1) is 11.7 Å². The van der Waals surface area contributed by atoms with Crippen molar-refractivity contribution in [1.29, 1.82) is 0 Å². The van der Waals surface area contributed by atoms with Gasteiger partial charge in [0.15, 0.2) is 5.78 Å². The number of ether oxygens (including phenoxy) is 1. The van der Waals surface area contributed by atoms with Crippen molar-refractivity contribution in [3.8, 4) is 5.75 Å². The molecule has 10 heteroatoms. The van der Waals surface area contributed by atoms with E-state index in [4.69, 9.17) is 4.74 Å². The standard InChI is InChI=1S/C27H31F4N3O3/c1-37-23-5-3-20(4-6-23)33-12-9-21(10-13-33)34-11-8-18(17-34)14-22(35)16-32-26(36)19-2-7-25(28)24(15-19)27(29,30)31/h2-7,15,18,21H,8-14,16-17H2,1H3,(H,32,36)/t18-/m0/s1. The molecular weight excluding hydrogens is 490 g/mol. The number of carbonyl (C=O) groups is 2. The number of piperidine rings is 1. The lowest BCUT2D eigenvalue weighted by Gasteiger charge is -2.38. The maximum atomic E-state index is 13.4. The largest absolute Gasteiger partial charge is 0.497 e. The average Bonchev–Trinajstić information content (AvgIpc) is 3.35. The number of halogens is 4. The number of likely N-dealkylation sites (tertiary alicyclic amines) is 1. The summed E-state index contributed by atoms with van der Waals surface area (Å²) >= 11 is 0. The van der Waals surface area contributed by atoms with Gasteiger partial charge in [0, 0.05) is 43.3 Å². The smallest absolute Gasteiger partial charge is 0.419 e. The number of rotatable bonds is 8. The zero-order valence-electron chi connectivity index (χ0n) is 20.7. The second kappa shape index (κ2) is 11.5. The van der Waals surface area contributed by atoms with Crippen LogP contribution in [0.4, 0.5) is 23.2 Å². The van der Waals surface area contributed by atoms with Crippen molar-refractivity contribution in [2.24, 2.45) is 5.92 Å². The van der Waals surface area contributed by atoms with E-state index in [1.54, 1.807) is 7.11 Å². The first-order chi connectivity index (χ1) is 17.6. The second-order valence-electron chi connectivity index (χ2n) is 9.68. The fourth-order valence-corrected chi connectivity index (χ4v) is 5.20. The minimum atomic E-state index is -4.91. The highest BCUT2D eigenvalue weighted by Gasteiger charge is 2.35. The number of nitrogens with one attached hydrogen (secondary N) is 1. The first kappa shape index (κ1) is 26.9. The molecule has 2 fully saturated rings. The monoisotopic (exact) mass is 521 g/mol. The molecule has 2 saturated heterocycles. The molecule has 0 bridgehead atoms. The van der Waals surface area contributed by atoms with Gasteiger partial charge in [-0.2, -0.15) is 13.2 Å². The van der Waals surface area contributed by atoms with Gasteiger partial charge in [-0.15, -0.1) is 0 Å². The number of Topliss-reactive ketones (excluding diaryl/α,β-unsaturated/α-hetero) is 1. The summed E-state index contributed by atoms with van der Waals surface area (Å²) in [6.07, 6.45) is -1.62. The summed E-state index contributed by atoms with van der Waals surface area (Å²) in [4.78, 5) is 29.5. The molecule has 1 amide bonds. The van der Waals surface area contributed by atoms with Gasteiger partial charge in [0.25, 0.3) is 5.91 Å². The predicted octanol–water partition coefficient (Wildman–Crippen LogP) is 4.53. The highest BCUT2D eigenvalue weighted by Crippen LogP contribution is 2.32. The third-order valence-corrected chi connectivity index (χ3v) is 7.23. The normalized spacial score (nSPS) is 19.2. The SMILES string of the molecule is COc1ccc(N2CCC(N3CC[C@@H](CC(=O)CNC(=O)c4ccc(F)c(C(F)(F)F)c4)C3)CC2)cc1. The maximum Gasteiger partial charge on any atom is 0.419 e. The van der Waals surface area contributed by atoms with Gasteiger partial charge in [0.1, 0.15) is 11.6 Å². The lowest BCUT2D eigenvalue weighted by Crippen LogP contribution is -2.44. The maximum absolute atomic E-state index is 13.4. The van der Waals surface area contributed by atoms with Gasteiger partial charge in [-0.05, 0) is 74.2 Å². The molecule has 2 aromatic carbocycles. The molecule has 2 heterocycles. The summed E-state index contributed by atoms with van der Waals surface area (Å²) in [6, 6.07) is 10.6. The van der Waals surface area contributed by atoms with Gasteiger partial charge < -0.3 is 15.0 Å². The Kier molecular flexibility index (Phi) is 8.36. The minimum Gasteiger partial charge on any atom is -0.497 e. The van der Waals surface area contributed by atoms with Crippen LogP contribution in [0.5, 0.6) is 5.75 Å². The Bertz CT molecular complexity index is 1100. The number of anilines is 1. The first-order valence-corrected chi connectivity index (χ1v) is 12.4. The van der Waals surface area contributed by atoms with E-state index in [0.717, 1.165) is 57.3 Å². The summed E-state index contributed by atoms with van der Waals surface area (Å²) in [5.74, 6) is -1.44. The molecule has 0 unspecified atom stereocenters. The predicted molar refractivity (Wildman–Crippen MR) is 131 cm³/mol. The molecule has 37 heavy (non-hydrogen) atoms. The van der Waals surface area contributed by atoms with Crippen molar-refractivity contribution in [2.75, 3.05) is 44.7 Å². The average molecular weight is 522 g/mol. The number of carbonyl (C=O) groups excluding carboxylic acids is 2. The fraction of sp³-hybridized carbons (Fsp3) is 0.481. The van der Waals surface area contributed by atoms with Crippen molar-refractivity contribution < 1.29 is 31.9 Å². The van der Waals surface area contributed by atoms with Crippen molar-refractivity contribution >= 4 is 17.4 Å². The zero-order valence-corrected chi connectivity index (χ0v) is 20.7. The number of nitrogens with zero attached hydrogens (tertiary/aromatic N) is 2. The van der Waals surface area contributed by atoms with Crippen LogP contribution in [-0.2, 0) is 11.0 Å².